The van der Waals surface area contributed by atoms with Crippen LogP contribution in [0.5, 0.6) is 0 Å². The van der Waals surface area contributed by atoms with Gasteiger partial charge >= 0.3 is 0 Å². The summed E-state index contributed by atoms with van der Waals surface area (Å²) in [5.74, 6) is 2.21. The zero-order valence-corrected chi connectivity index (χ0v) is 15.1. The van der Waals surface area contributed by atoms with E-state index in [2.05, 4.69) is 45.6 Å². The lowest BCUT2D eigenvalue weighted by molar-refractivity contribution is -0.133. The van der Waals surface area contributed by atoms with Crippen LogP contribution in [-0.4, -0.2) is 34.9 Å². The molecular weight excluding hydrogens is 278 g/mol. The van der Waals surface area contributed by atoms with Crippen LogP contribution in [0.25, 0.3) is 0 Å². The van der Waals surface area contributed by atoms with Crippen LogP contribution in [0.3, 0.4) is 0 Å². The maximum atomic E-state index is 13.0. The third-order valence-corrected chi connectivity index (χ3v) is 6.22. The monoisotopic (exact) mass is 309 g/mol. The van der Waals surface area contributed by atoms with E-state index in [-0.39, 0.29) is 11.3 Å². The predicted molar refractivity (Wildman–Crippen MR) is 92.5 cm³/mol. The quantitative estimate of drug-likeness (QED) is 0.719. The third kappa shape index (κ3) is 3.85. The summed E-state index contributed by atoms with van der Waals surface area (Å²) >= 11 is 2.02. The summed E-state index contributed by atoms with van der Waals surface area (Å²) in [6.07, 6.45) is 6.02. The molecule has 120 valence electrons. The number of likely N-dealkylation sites (tertiary alicyclic amines) is 1. The lowest BCUT2D eigenvalue weighted by atomic mass is 10.1. The van der Waals surface area contributed by atoms with Gasteiger partial charge in [-0.15, -0.1) is 0 Å². The zero-order valence-electron chi connectivity index (χ0n) is 14.3. The normalized spacial score (nSPS) is 31.5. The number of rotatable bonds is 4. The number of thioether (sulfide) groups is 1. The first-order valence-electron chi connectivity index (χ1n) is 8.43. The van der Waals surface area contributed by atoms with E-state index in [1.165, 1.54) is 24.8 Å². The number of hydrogen-bond acceptors (Lipinski definition) is 2. The van der Waals surface area contributed by atoms with Crippen molar-refractivity contribution in [3.63, 3.8) is 0 Å². The molecule has 1 aliphatic carbocycles. The van der Waals surface area contributed by atoms with Gasteiger partial charge in [-0.05, 0) is 43.8 Å². The molecular formula is C18H31NOS. The highest BCUT2D eigenvalue weighted by Gasteiger charge is 2.61. The Morgan fingerprint density at radius 2 is 2.05 bits per heavy atom. The van der Waals surface area contributed by atoms with E-state index < -0.39 is 0 Å². The second kappa shape index (κ2) is 6.76. The van der Waals surface area contributed by atoms with E-state index in [1.807, 2.05) is 11.8 Å². The minimum absolute atomic E-state index is 0.147. The van der Waals surface area contributed by atoms with Crippen molar-refractivity contribution in [2.45, 2.75) is 59.1 Å². The summed E-state index contributed by atoms with van der Waals surface area (Å²) < 4.78 is 0. The van der Waals surface area contributed by atoms with Crippen LogP contribution >= 0.6 is 11.8 Å². The summed E-state index contributed by atoms with van der Waals surface area (Å²) in [7, 11) is 0. The van der Waals surface area contributed by atoms with Crippen LogP contribution in [0.4, 0.5) is 0 Å². The molecule has 0 spiro atoms. The SMILES string of the molecule is CCS[C@@H]1CCCCN(C(=O)[C@H]2[C@H](C=C(C)C)C2(C)C)C1. The Morgan fingerprint density at radius 3 is 2.67 bits per heavy atom. The largest absolute Gasteiger partial charge is 0.341 e. The molecule has 0 aromatic heterocycles. The first-order chi connectivity index (χ1) is 9.87. The van der Waals surface area contributed by atoms with Gasteiger partial charge in [0.15, 0.2) is 0 Å². The van der Waals surface area contributed by atoms with E-state index in [0.717, 1.165) is 18.8 Å². The van der Waals surface area contributed by atoms with Crippen molar-refractivity contribution in [2.75, 3.05) is 18.8 Å². The molecule has 0 aromatic carbocycles. The van der Waals surface area contributed by atoms with Crippen molar-refractivity contribution in [1.29, 1.82) is 0 Å². The zero-order chi connectivity index (χ0) is 15.6. The van der Waals surface area contributed by atoms with Crippen LogP contribution in [0, 0.1) is 17.3 Å². The Balaban J connectivity index is 2.03. The molecule has 2 rings (SSSR count). The topological polar surface area (TPSA) is 20.3 Å². The minimum atomic E-state index is 0.147. The molecule has 0 aromatic rings. The molecule has 0 N–H and O–H groups in total. The molecule has 2 fully saturated rings. The molecule has 1 saturated heterocycles. The first-order valence-corrected chi connectivity index (χ1v) is 9.48. The third-order valence-electron chi connectivity index (χ3n) is 5.03. The Labute approximate surface area is 134 Å². The Hall–Kier alpha value is -0.440. The Kier molecular flexibility index (Phi) is 5.45. The standard InChI is InChI=1S/C18H31NOS/c1-6-21-14-9-7-8-10-19(12-14)17(20)16-15(11-13(2)3)18(16,4)5/h11,14-16H,6-10,12H2,1-5H3/t14-,15+,16-/m1/s1. The average molecular weight is 310 g/mol. The van der Waals surface area contributed by atoms with Gasteiger partial charge in [0.1, 0.15) is 0 Å². The van der Waals surface area contributed by atoms with E-state index >= 15 is 0 Å². The average Bonchev–Trinajstić information content (AvgIpc) is 3.01. The fraction of sp³-hybridized carbons (Fsp3) is 0.833. The van der Waals surface area contributed by atoms with Gasteiger partial charge in [-0.2, -0.15) is 11.8 Å². The fourth-order valence-electron chi connectivity index (χ4n) is 3.69. The first kappa shape index (κ1) is 16.9. The maximum absolute atomic E-state index is 13.0. The van der Waals surface area contributed by atoms with E-state index in [9.17, 15) is 4.79 Å². The van der Waals surface area contributed by atoms with Gasteiger partial charge in [-0.25, -0.2) is 0 Å². The second-order valence-electron chi connectivity index (χ2n) is 7.43. The molecule has 1 heterocycles. The van der Waals surface area contributed by atoms with Crippen LogP contribution < -0.4 is 0 Å². The molecule has 0 bridgehead atoms. The van der Waals surface area contributed by atoms with Crippen molar-refractivity contribution in [1.82, 2.24) is 4.90 Å². The van der Waals surface area contributed by atoms with Crippen LogP contribution in [0.15, 0.2) is 11.6 Å². The molecule has 2 nitrogen and oxygen atoms in total. The smallest absolute Gasteiger partial charge is 0.226 e. The van der Waals surface area contributed by atoms with Crippen molar-refractivity contribution < 1.29 is 4.79 Å². The Bertz CT molecular complexity index is 411. The molecule has 21 heavy (non-hydrogen) atoms. The van der Waals surface area contributed by atoms with Gasteiger partial charge in [-0.1, -0.05) is 38.8 Å². The van der Waals surface area contributed by atoms with Crippen molar-refractivity contribution in [3.8, 4) is 0 Å². The Morgan fingerprint density at radius 1 is 1.33 bits per heavy atom. The molecule has 1 saturated carbocycles. The van der Waals surface area contributed by atoms with E-state index in [0.29, 0.717) is 17.1 Å². The number of carbonyl (C=O) groups is 1. The highest BCUT2D eigenvalue weighted by atomic mass is 32.2. The number of allylic oxidation sites excluding steroid dienone is 2. The molecule has 3 atom stereocenters. The van der Waals surface area contributed by atoms with Gasteiger partial charge in [-0.3, -0.25) is 4.79 Å². The molecule has 3 heteroatoms. The van der Waals surface area contributed by atoms with Crippen molar-refractivity contribution in [2.24, 2.45) is 17.3 Å². The van der Waals surface area contributed by atoms with Gasteiger partial charge in [0.05, 0.1) is 5.92 Å². The number of nitrogens with zero attached hydrogens (tertiary/aromatic N) is 1. The summed E-state index contributed by atoms with van der Waals surface area (Å²) in [6.45, 7) is 12.9. The van der Waals surface area contributed by atoms with Crippen molar-refractivity contribution >= 4 is 17.7 Å². The van der Waals surface area contributed by atoms with Crippen LogP contribution in [0.1, 0.15) is 53.9 Å². The number of amides is 1. The summed E-state index contributed by atoms with van der Waals surface area (Å²) in [4.78, 5) is 15.1. The molecule has 1 amide bonds. The summed E-state index contributed by atoms with van der Waals surface area (Å²) in [5.41, 5.74) is 1.48. The summed E-state index contributed by atoms with van der Waals surface area (Å²) in [6, 6.07) is 0. The van der Waals surface area contributed by atoms with E-state index in [4.69, 9.17) is 0 Å². The van der Waals surface area contributed by atoms with E-state index in [1.54, 1.807) is 0 Å². The second-order valence-corrected chi connectivity index (χ2v) is 9.00. The highest BCUT2D eigenvalue weighted by molar-refractivity contribution is 7.99. The van der Waals surface area contributed by atoms with Crippen LogP contribution in [-0.2, 0) is 4.79 Å². The molecule has 2 aliphatic rings. The van der Waals surface area contributed by atoms with Crippen molar-refractivity contribution in [3.05, 3.63) is 11.6 Å². The molecule has 1 aliphatic heterocycles. The lowest BCUT2D eigenvalue weighted by Gasteiger charge is -2.25. The number of carbonyl (C=O) groups excluding carboxylic acids is 1. The van der Waals surface area contributed by atoms with Gasteiger partial charge in [0.2, 0.25) is 5.91 Å². The fourth-order valence-corrected chi connectivity index (χ4v) is 4.78. The summed E-state index contributed by atoms with van der Waals surface area (Å²) in [5, 5.41) is 0.644. The molecule has 0 unspecified atom stereocenters. The number of hydrogen-bond donors (Lipinski definition) is 0. The molecule has 0 radical (unpaired) electrons. The predicted octanol–water partition coefficient (Wildman–Crippen LogP) is 4.36. The lowest BCUT2D eigenvalue weighted by Crippen LogP contribution is -2.37. The highest BCUT2D eigenvalue weighted by Crippen LogP contribution is 2.60. The maximum Gasteiger partial charge on any atom is 0.226 e. The minimum Gasteiger partial charge on any atom is -0.341 e. The van der Waals surface area contributed by atoms with Gasteiger partial charge < -0.3 is 4.90 Å². The van der Waals surface area contributed by atoms with Crippen LogP contribution in [0.2, 0.25) is 0 Å². The van der Waals surface area contributed by atoms with Gasteiger partial charge in [0.25, 0.3) is 0 Å². The van der Waals surface area contributed by atoms with Gasteiger partial charge in [0, 0.05) is 18.3 Å².